The van der Waals surface area contributed by atoms with Crippen LogP contribution in [0.4, 0.5) is 8.78 Å². The second kappa shape index (κ2) is 10.2. The van der Waals surface area contributed by atoms with E-state index < -0.39 is 11.6 Å². The topological polar surface area (TPSA) is 54.2 Å². The maximum atomic E-state index is 13.5. The fraction of sp³-hybridized carbons (Fsp3) is 0.300. The van der Waals surface area contributed by atoms with Crippen molar-refractivity contribution in [3.8, 4) is 5.69 Å². The van der Waals surface area contributed by atoms with Gasteiger partial charge in [0.05, 0.1) is 12.2 Å². The van der Waals surface area contributed by atoms with Crippen LogP contribution in [0.3, 0.4) is 0 Å². The van der Waals surface area contributed by atoms with Crippen LogP contribution in [0.25, 0.3) is 5.69 Å². The lowest BCUT2D eigenvalue weighted by Crippen LogP contribution is -2.20. The van der Waals surface area contributed by atoms with Crippen molar-refractivity contribution >= 4 is 23.4 Å². The largest absolute Gasteiger partial charge is 0.396 e. The van der Waals surface area contributed by atoms with Gasteiger partial charge in [0.1, 0.15) is 0 Å². The van der Waals surface area contributed by atoms with Gasteiger partial charge in [-0.15, -0.1) is 10.2 Å². The molecule has 0 aliphatic carbocycles. The van der Waals surface area contributed by atoms with Crippen LogP contribution in [0.2, 0.25) is 5.02 Å². The lowest BCUT2D eigenvalue weighted by molar-refractivity contribution is 0.296. The molecule has 0 fully saturated rings. The van der Waals surface area contributed by atoms with E-state index in [1.54, 1.807) is 12.1 Å². The molecule has 0 aliphatic heterocycles. The fourth-order valence-corrected chi connectivity index (χ4v) is 3.92. The molecule has 3 aromatic rings. The quantitative estimate of drug-likeness (QED) is 0.398. The third-order valence-electron chi connectivity index (χ3n) is 4.15. The van der Waals surface area contributed by atoms with Gasteiger partial charge in [-0.2, -0.15) is 0 Å². The summed E-state index contributed by atoms with van der Waals surface area (Å²) in [5, 5.41) is 19.0. The van der Waals surface area contributed by atoms with E-state index in [1.165, 1.54) is 17.8 Å². The molecule has 1 heterocycles. The van der Waals surface area contributed by atoms with Gasteiger partial charge in [-0.05, 0) is 49.4 Å². The molecular weight excluding hydrogens is 418 g/mol. The first-order valence-corrected chi connectivity index (χ1v) is 10.4. The Balaban J connectivity index is 1.82. The highest BCUT2D eigenvalue weighted by Crippen LogP contribution is 2.25. The van der Waals surface area contributed by atoms with Gasteiger partial charge in [-0.25, -0.2) is 8.78 Å². The Morgan fingerprint density at radius 2 is 1.93 bits per heavy atom. The molecule has 5 nitrogen and oxygen atoms in total. The van der Waals surface area contributed by atoms with E-state index in [0.717, 1.165) is 11.8 Å². The van der Waals surface area contributed by atoms with Crippen LogP contribution in [0, 0.1) is 11.6 Å². The van der Waals surface area contributed by atoms with Crippen molar-refractivity contribution < 1.29 is 13.9 Å². The zero-order valence-corrected chi connectivity index (χ0v) is 17.4. The molecule has 0 saturated carbocycles. The molecule has 0 unspecified atom stereocenters. The molecule has 0 amide bonds. The first-order valence-electron chi connectivity index (χ1n) is 9.04. The number of nitrogens with zero attached hydrogens (tertiary/aromatic N) is 4. The second-order valence-electron chi connectivity index (χ2n) is 6.56. The molecule has 0 atom stereocenters. The number of thioether (sulfide) groups is 1. The van der Waals surface area contributed by atoms with Crippen LogP contribution in [0.1, 0.15) is 17.8 Å². The molecular formula is C20H21ClF2N4OS. The average Bonchev–Trinajstić information content (AvgIpc) is 3.07. The predicted octanol–water partition coefficient (Wildman–Crippen LogP) is 4.31. The van der Waals surface area contributed by atoms with Gasteiger partial charge in [0, 0.05) is 23.9 Å². The third-order valence-corrected chi connectivity index (χ3v) is 5.40. The monoisotopic (exact) mass is 438 g/mol. The van der Waals surface area contributed by atoms with Crippen LogP contribution in [0.5, 0.6) is 0 Å². The molecule has 0 aliphatic rings. The number of halogens is 3. The van der Waals surface area contributed by atoms with Crippen LogP contribution in [-0.4, -0.2) is 44.2 Å². The number of hydrogen-bond donors (Lipinski definition) is 1. The van der Waals surface area contributed by atoms with Gasteiger partial charge >= 0.3 is 0 Å². The lowest BCUT2D eigenvalue weighted by Gasteiger charge is -2.18. The minimum atomic E-state index is -0.861. The van der Waals surface area contributed by atoms with Crippen molar-refractivity contribution in [3.63, 3.8) is 0 Å². The Hall–Kier alpha value is -2.00. The van der Waals surface area contributed by atoms with Crippen molar-refractivity contribution in [2.24, 2.45) is 0 Å². The molecule has 0 radical (unpaired) electrons. The van der Waals surface area contributed by atoms with Gasteiger partial charge < -0.3 is 5.11 Å². The summed E-state index contributed by atoms with van der Waals surface area (Å²) in [5.41, 5.74) is 1.50. The van der Waals surface area contributed by atoms with Crippen LogP contribution >= 0.6 is 23.4 Å². The first-order chi connectivity index (χ1) is 14.0. The summed E-state index contributed by atoms with van der Waals surface area (Å²) < 4.78 is 28.6. The summed E-state index contributed by atoms with van der Waals surface area (Å²) in [6.07, 6.45) is 0.651. The number of aliphatic hydroxyl groups is 1. The van der Waals surface area contributed by atoms with Gasteiger partial charge in [0.25, 0.3) is 0 Å². The molecule has 2 aromatic carbocycles. The zero-order chi connectivity index (χ0) is 20.8. The summed E-state index contributed by atoms with van der Waals surface area (Å²) in [5.74, 6) is -0.314. The Morgan fingerprint density at radius 3 is 2.66 bits per heavy atom. The SMILES string of the molecule is CN(Cc1ccc(F)c(F)c1)Cc1nnc(SCCCO)n1-c1cccc(Cl)c1. The Kier molecular flexibility index (Phi) is 7.60. The Bertz CT molecular complexity index is 969. The molecule has 29 heavy (non-hydrogen) atoms. The van der Waals surface area contributed by atoms with E-state index in [1.807, 2.05) is 34.7 Å². The van der Waals surface area contributed by atoms with Crippen molar-refractivity contribution in [1.82, 2.24) is 19.7 Å². The number of hydrogen-bond acceptors (Lipinski definition) is 5. The first kappa shape index (κ1) is 21.7. The fourth-order valence-electron chi connectivity index (χ4n) is 2.85. The molecule has 1 aromatic heterocycles. The molecule has 154 valence electrons. The molecule has 0 saturated heterocycles. The molecule has 1 N–H and O–H groups in total. The summed E-state index contributed by atoms with van der Waals surface area (Å²) in [4.78, 5) is 1.94. The maximum absolute atomic E-state index is 13.5. The average molecular weight is 439 g/mol. The van der Waals surface area contributed by atoms with E-state index in [-0.39, 0.29) is 6.61 Å². The highest BCUT2D eigenvalue weighted by Gasteiger charge is 2.17. The number of benzene rings is 2. The van der Waals surface area contributed by atoms with E-state index in [0.29, 0.717) is 46.8 Å². The third kappa shape index (κ3) is 5.76. The summed E-state index contributed by atoms with van der Waals surface area (Å²) >= 11 is 7.67. The van der Waals surface area contributed by atoms with Crippen LogP contribution in [-0.2, 0) is 13.1 Å². The minimum Gasteiger partial charge on any atom is -0.396 e. The number of aromatic nitrogens is 3. The summed E-state index contributed by atoms with van der Waals surface area (Å²) in [7, 11) is 1.87. The smallest absolute Gasteiger partial charge is 0.195 e. The Labute approximate surface area is 177 Å². The van der Waals surface area contributed by atoms with E-state index in [2.05, 4.69) is 10.2 Å². The zero-order valence-electron chi connectivity index (χ0n) is 15.9. The summed E-state index contributed by atoms with van der Waals surface area (Å²) in [6, 6.07) is 11.3. The van der Waals surface area contributed by atoms with Crippen molar-refractivity contribution in [2.45, 2.75) is 24.7 Å². The molecule has 0 spiro atoms. The highest BCUT2D eigenvalue weighted by molar-refractivity contribution is 7.99. The standard InChI is InChI=1S/C20H21ClF2N4OS/c1-26(12-14-6-7-17(22)18(23)10-14)13-19-24-25-20(29-9-3-8-28)27(19)16-5-2-4-15(21)11-16/h2,4-7,10-11,28H,3,8-9,12-13H2,1H3. The molecule has 9 heteroatoms. The number of aliphatic hydroxyl groups excluding tert-OH is 1. The van der Waals surface area contributed by atoms with Crippen LogP contribution in [0.15, 0.2) is 47.6 Å². The van der Waals surface area contributed by atoms with Gasteiger partial charge in [0.15, 0.2) is 22.6 Å². The van der Waals surface area contributed by atoms with Crippen molar-refractivity contribution in [2.75, 3.05) is 19.4 Å². The van der Waals surface area contributed by atoms with Crippen molar-refractivity contribution in [3.05, 3.63) is 70.5 Å². The van der Waals surface area contributed by atoms with E-state index in [4.69, 9.17) is 16.7 Å². The van der Waals surface area contributed by atoms with Gasteiger partial charge in [-0.1, -0.05) is 35.5 Å². The molecule has 0 bridgehead atoms. The maximum Gasteiger partial charge on any atom is 0.195 e. The van der Waals surface area contributed by atoms with E-state index in [9.17, 15) is 8.78 Å². The van der Waals surface area contributed by atoms with Gasteiger partial charge in [-0.3, -0.25) is 9.47 Å². The normalized spacial score (nSPS) is 11.4. The molecule has 3 rings (SSSR count). The lowest BCUT2D eigenvalue weighted by atomic mass is 10.2. The highest BCUT2D eigenvalue weighted by atomic mass is 35.5. The minimum absolute atomic E-state index is 0.113. The predicted molar refractivity (Wildman–Crippen MR) is 110 cm³/mol. The van der Waals surface area contributed by atoms with Crippen LogP contribution < -0.4 is 0 Å². The Morgan fingerprint density at radius 1 is 1.10 bits per heavy atom. The number of rotatable bonds is 9. The van der Waals surface area contributed by atoms with E-state index >= 15 is 0 Å². The van der Waals surface area contributed by atoms with Crippen molar-refractivity contribution in [1.29, 1.82) is 0 Å². The second-order valence-corrected chi connectivity index (χ2v) is 8.06. The van der Waals surface area contributed by atoms with Gasteiger partial charge in [0.2, 0.25) is 0 Å². The summed E-state index contributed by atoms with van der Waals surface area (Å²) in [6.45, 7) is 0.980.